The number of hydrogen-bond acceptors (Lipinski definition) is 2. The second-order valence-corrected chi connectivity index (χ2v) is 5.21. The van der Waals surface area contributed by atoms with Crippen LogP contribution < -0.4 is 0 Å². The van der Waals surface area contributed by atoms with E-state index in [0.717, 1.165) is 24.0 Å². The molecular formula is C14H23NO. The fourth-order valence-corrected chi connectivity index (χ4v) is 2.71. The average molecular weight is 221 g/mol. The standard InChI is InChI=1S/C14H23NO/c1-12-8-9-14(16-12)11-15(2)10-13-6-4-3-5-7-13/h8-9,13H,3-7,10-11H2,1-2H3. The topological polar surface area (TPSA) is 16.4 Å². The van der Waals surface area contributed by atoms with Crippen LogP contribution in [0.5, 0.6) is 0 Å². The third-order valence-corrected chi connectivity index (χ3v) is 3.52. The van der Waals surface area contributed by atoms with E-state index in [1.54, 1.807) is 0 Å². The SMILES string of the molecule is Cc1ccc(CN(C)CC2CCCCC2)o1. The minimum absolute atomic E-state index is 0.912. The molecule has 1 aromatic rings. The summed E-state index contributed by atoms with van der Waals surface area (Å²) >= 11 is 0. The van der Waals surface area contributed by atoms with Gasteiger partial charge in [0.25, 0.3) is 0 Å². The molecule has 1 heterocycles. The highest BCUT2D eigenvalue weighted by Crippen LogP contribution is 2.24. The van der Waals surface area contributed by atoms with E-state index in [4.69, 9.17) is 4.42 Å². The van der Waals surface area contributed by atoms with Gasteiger partial charge in [-0.3, -0.25) is 4.90 Å². The highest BCUT2D eigenvalue weighted by atomic mass is 16.3. The normalized spacial score (nSPS) is 18.2. The van der Waals surface area contributed by atoms with Crippen LogP contribution in [0.15, 0.2) is 16.5 Å². The van der Waals surface area contributed by atoms with Crippen molar-refractivity contribution in [3.05, 3.63) is 23.7 Å². The number of furan rings is 1. The molecule has 1 fully saturated rings. The van der Waals surface area contributed by atoms with Gasteiger partial charge in [0.15, 0.2) is 0 Å². The largest absolute Gasteiger partial charge is 0.465 e. The van der Waals surface area contributed by atoms with Crippen molar-refractivity contribution in [3.8, 4) is 0 Å². The Bertz CT molecular complexity index is 312. The number of nitrogens with zero attached hydrogens (tertiary/aromatic N) is 1. The summed E-state index contributed by atoms with van der Waals surface area (Å²) in [5, 5.41) is 0. The van der Waals surface area contributed by atoms with Gasteiger partial charge >= 0.3 is 0 Å². The van der Waals surface area contributed by atoms with Crippen LogP contribution in [0.2, 0.25) is 0 Å². The lowest BCUT2D eigenvalue weighted by Gasteiger charge is -2.26. The predicted molar refractivity (Wildman–Crippen MR) is 66.4 cm³/mol. The highest BCUT2D eigenvalue weighted by Gasteiger charge is 2.15. The molecule has 2 rings (SSSR count). The Morgan fingerprint density at radius 3 is 2.62 bits per heavy atom. The van der Waals surface area contributed by atoms with E-state index >= 15 is 0 Å². The van der Waals surface area contributed by atoms with Crippen LogP contribution in [0.25, 0.3) is 0 Å². The van der Waals surface area contributed by atoms with Crippen molar-refractivity contribution >= 4 is 0 Å². The van der Waals surface area contributed by atoms with Gasteiger partial charge in [0, 0.05) is 6.54 Å². The molecule has 0 aromatic carbocycles. The van der Waals surface area contributed by atoms with Crippen molar-refractivity contribution in [1.82, 2.24) is 4.90 Å². The van der Waals surface area contributed by atoms with E-state index in [0.29, 0.717) is 0 Å². The van der Waals surface area contributed by atoms with Crippen molar-refractivity contribution in [3.63, 3.8) is 0 Å². The molecule has 1 aromatic heterocycles. The first-order valence-corrected chi connectivity index (χ1v) is 6.48. The predicted octanol–water partition coefficient (Wildman–Crippen LogP) is 3.60. The Morgan fingerprint density at radius 1 is 1.25 bits per heavy atom. The number of rotatable bonds is 4. The van der Waals surface area contributed by atoms with Gasteiger partial charge in [0.2, 0.25) is 0 Å². The van der Waals surface area contributed by atoms with Gasteiger partial charge in [0.05, 0.1) is 6.54 Å². The molecule has 16 heavy (non-hydrogen) atoms. The lowest BCUT2D eigenvalue weighted by molar-refractivity contribution is 0.215. The smallest absolute Gasteiger partial charge is 0.118 e. The molecule has 0 radical (unpaired) electrons. The number of hydrogen-bond donors (Lipinski definition) is 0. The van der Waals surface area contributed by atoms with E-state index in [1.807, 2.05) is 13.0 Å². The van der Waals surface area contributed by atoms with Crippen LogP contribution in [0.3, 0.4) is 0 Å². The fraction of sp³-hybridized carbons (Fsp3) is 0.714. The molecule has 1 aliphatic carbocycles. The van der Waals surface area contributed by atoms with Gasteiger partial charge in [-0.2, -0.15) is 0 Å². The molecule has 2 heteroatoms. The Kier molecular flexibility index (Phi) is 4.05. The first kappa shape index (κ1) is 11.7. The van der Waals surface area contributed by atoms with Crippen molar-refractivity contribution < 1.29 is 4.42 Å². The van der Waals surface area contributed by atoms with Gasteiger partial charge in [-0.05, 0) is 44.9 Å². The van der Waals surface area contributed by atoms with Crippen molar-refractivity contribution in [2.75, 3.05) is 13.6 Å². The van der Waals surface area contributed by atoms with E-state index < -0.39 is 0 Å². The summed E-state index contributed by atoms with van der Waals surface area (Å²) in [5.41, 5.74) is 0. The van der Waals surface area contributed by atoms with Gasteiger partial charge in [-0.1, -0.05) is 19.3 Å². The van der Waals surface area contributed by atoms with Crippen molar-refractivity contribution in [2.45, 2.75) is 45.6 Å². The summed E-state index contributed by atoms with van der Waals surface area (Å²) < 4.78 is 5.60. The third kappa shape index (κ3) is 3.38. The summed E-state index contributed by atoms with van der Waals surface area (Å²) in [7, 11) is 2.20. The molecule has 0 unspecified atom stereocenters. The molecule has 2 nitrogen and oxygen atoms in total. The quantitative estimate of drug-likeness (QED) is 0.772. The minimum atomic E-state index is 0.912. The minimum Gasteiger partial charge on any atom is -0.465 e. The first-order chi connectivity index (χ1) is 7.74. The molecule has 0 amide bonds. The summed E-state index contributed by atoms with van der Waals surface area (Å²) in [6.45, 7) is 4.18. The van der Waals surface area contributed by atoms with E-state index in [-0.39, 0.29) is 0 Å². The zero-order valence-corrected chi connectivity index (χ0v) is 10.5. The lowest BCUT2D eigenvalue weighted by atomic mass is 9.89. The zero-order valence-electron chi connectivity index (χ0n) is 10.5. The molecule has 0 aliphatic heterocycles. The van der Waals surface area contributed by atoms with Crippen molar-refractivity contribution in [1.29, 1.82) is 0 Å². The van der Waals surface area contributed by atoms with Gasteiger partial charge in [0.1, 0.15) is 11.5 Å². The van der Waals surface area contributed by atoms with Crippen LogP contribution in [-0.2, 0) is 6.54 Å². The lowest BCUT2D eigenvalue weighted by Crippen LogP contribution is -2.26. The Labute approximate surface area is 98.6 Å². The Balaban J connectivity index is 1.77. The second kappa shape index (κ2) is 5.53. The molecular weight excluding hydrogens is 198 g/mol. The van der Waals surface area contributed by atoms with E-state index in [9.17, 15) is 0 Å². The van der Waals surface area contributed by atoms with E-state index in [1.165, 1.54) is 38.6 Å². The molecule has 0 bridgehead atoms. The summed E-state index contributed by atoms with van der Waals surface area (Å²) in [6.07, 6.45) is 7.14. The van der Waals surface area contributed by atoms with E-state index in [2.05, 4.69) is 18.0 Å². The summed E-state index contributed by atoms with van der Waals surface area (Å²) in [6, 6.07) is 4.14. The molecule has 0 saturated heterocycles. The van der Waals surface area contributed by atoms with Gasteiger partial charge in [-0.15, -0.1) is 0 Å². The molecule has 1 aliphatic rings. The molecule has 0 atom stereocenters. The molecule has 90 valence electrons. The Hall–Kier alpha value is -0.760. The maximum Gasteiger partial charge on any atom is 0.118 e. The van der Waals surface area contributed by atoms with Crippen LogP contribution >= 0.6 is 0 Å². The molecule has 1 saturated carbocycles. The van der Waals surface area contributed by atoms with Crippen LogP contribution in [0.1, 0.15) is 43.6 Å². The molecule has 0 spiro atoms. The second-order valence-electron chi connectivity index (χ2n) is 5.21. The Morgan fingerprint density at radius 2 is 2.00 bits per heavy atom. The fourth-order valence-electron chi connectivity index (χ4n) is 2.71. The third-order valence-electron chi connectivity index (χ3n) is 3.52. The zero-order chi connectivity index (χ0) is 11.4. The highest BCUT2D eigenvalue weighted by molar-refractivity contribution is 5.05. The van der Waals surface area contributed by atoms with Crippen LogP contribution in [0.4, 0.5) is 0 Å². The van der Waals surface area contributed by atoms with Gasteiger partial charge < -0.3 is 4.42 Å². The summed E-state index contributed by atoms with van der Waals surface area (Å²) in [5.74, 6) is 3.02. The first-order valence-electron chi connectivity index (χ1n) is 6.48. The van der Waals surface area contributed by atoms with Gasteiger partial charge in [-0.25, -0.2) is 0 Å². The maximum absolute atomic E-state index is 5.60. The summed E-state index contributed by atoms with van der Waals surface area (Å²) in [4.78, 5) is 2.40. The van der Waals surface area contributed by atoms with Crippen LogP contribution in [-0.4, -0.2) is 18.5 Å². The van der Waals surface area contributed by atoms with Crippen molar-refractivity contribution in [2.24, 2.45) is 5.92 Å². The molecule has 0 N–H and O–H groups in total. The monoisotopic (exact) mass is 221 g/mol. The van der Waals surface area contributed by atoms with Crippen LogP contribution in [0, 0.1) is 12.8 Å². The number of aryl methyl sites for hydroxylation is 1. The maximum atomic E-state index is 5.60. The average Bonchev–Trinajstić information content (AvgIpc) is 2.65.